The van der Waals surface area contributed by atoms with E-state index in [1.165, 1.54) is 11.3 Å². The van der Waals surface area contributed by atoms with Crippen molar-refractivity contribution in [3.63, 3.8) is 0 Å². The van der Waals surface area contributed by atoms with Gasteiger partial charge in [0.2, 0.25) is 0 Å². The molecule has 1 aromatic heterocycles. The first-order valence-corrected chi connectivity index (χ1v) is 6.68. The van der Waals surface area contributed by atoms with Crippen LogP contribution in [0.3, 0.4) is 0 Å². The van der Waals surface area contributed by atoms with Gasteiger partial charge in [0.15, 0.2) is 6.61 Å². The van der Waals surface area contributed by atoms with E-state index in [1.807, 2.05) is 24.3 Å². The Morgan fingerprint density at radius 1 is 1.40 bits per heavy atom. The first kappa shape index (κ1) is 14.0. The molecule has 0 saturated carbocycles. The summed E-state index contributed by atoms with van der Waals surface area (Å²) in [6, 6.07) is 7.40. The molecule has 2 aromatic rings. The van der Waals surface area contributed by atoms with Gasteiger partial charge in [0.05, 0.1) is 7.11 Å². The zero-order valence-corrected chi connectivity index (χ0v) is 11.7. The fraction of sp³-hybridized carbons (Fsp3) is 0.133. The standard InChI is InChI=1S/C15H13NO3S/c1-3-8-19-15(17)13-11(9-20-14(13)16)10-6-4-5-7-12(10)18-2/h1,4-7,9H,8,16H2,2H3. The monoisotopic (exact) mass is 287 g/mol. The molecule has 0 aliphatic carbocycles. The third-order valence-corrected chi connectivity index (χ3v) is 3.52. The average molecular weight is 287 g/mol. The molecule has 0 unspecified atom stereocenters. The van der Waals surface area contributed by atoms with Gasteiger partial charge in [-0.15, -0.1) is 17.8 Å². The topological polar surface area (TPSA) is 61.5 Å². The lowest BCUT2D eigenvalue weighted by Gasteiger charge is -2.09. The Kier molecular flexibility index (Phi) is 4.28. The summed E-state index contributed by atoms with van der Waals surface area (Å²) in [4.78, 5) is 12.0. The molecule has 4 nitrogen and oxygen atoms in total. The predicted molar refractivity (Wildman–Crippen MR) is 79.8 cm³/mol. The second-order valence-corrected chi connectivity index (χ2v) is 4.78. The zero-order chi connectivity index (χ0) is 14.5. The number of benzene rings is 1. The number of hydrogen-bond donors (Lipinski definition) is 1. The Bertz CT molecular complexity index is 670. The fourth-order valence-corrected chi connectivity index (χ4v) is 2.63. The van der Waals surface area contributed by atoms with Crippen LogP contribution in [-0.4, -0.2) is 19.7 Å². The molecule has 0 atom stereocenters. The molecule has 2 rings (SSSR count). The number of carbonyl (C=O) groups excluding carboxylic acids is 1. The van der Waals surface area contributed by atoms with Crippen LogP contribution in [0.15, 0.2) is 29.6 Å². The van der Waals surface area contributed by atoms with Crippen LogP contribution < -0.4 is 10.5 Å². The molecule has 1 heterocycles. The van der Waals surface area contributed by atoms with Crippen molar-refractivity contribution in [3.8, 4) is 29.2 Å². The quantitative estimate of drug-likeness (QED) is 0.694. The first-order valence-electron chi connectivity index (χ1n) is 5.80. The van der Waals surface area contributed by atoms with Gasteiger partial charge in [-0.2, -0.15) is 0 Å². The van der Waals surface area contributed by atoms with Gasteiger partial charge in [-0.25, -0.2) is 4.79 Å². The minimum atomic E-state index is -0.525. The smallest absolute Gasteiger partial charge is 0.342 e. The minimum absolute atomic E-state index is 0.0838. The van der Waals surface area contributed by atoms with Crippen LogP contribution in [0.25, 0.3) is 11.1 Å². The van der Waals surface area contributed by atoms with Crippen LogP contribution in [0.2, 0.25) is 0 Å². The molecule has 1 aromatic carbocycles. The second kappa shape index (κ2) is 6.13. The number of hydrogen-bond acceptors (Lipinski definition) is 5. The number of rotatable bonds is 4. The fourth-order valence-electron chi connectivity index (χ4n) is 1.83. The summed E-state index contributed by atoms with van der Waals surface area (Å²) in [5.41, 5.74) is 7.67. The van der Waals surface area contributed by atoms with Gasteiger partial charge in [0.25, 0.3) is 0 Å². The Morgan fingerprint density at radius 3 is 2.85 bits per heavy atom. The molecular formula is C15H13NO3S. The number of anilines is 1. The second-order valence-electron chi connectivity index (χ2n) is 3.87. The molecule has 0 aliphatic rings. The number of thiophene rings is 1. The Labute approximate surface area is 121 Å². The van der Waals surface area contributed by atoms with Crippen molar-refractivity contribution in [2.24, 2.45) is 0 Å². The molecule has 2 N–H and O–H groups in total. The van der Waals surface area contributed by atoms with Crippen molar-refractivity contribution in [1.82, 2.24) is 0 Å². The zero-order valence-electron chi connectivity index (χ0n) is 10.9. The van der Waals surface area contributed by atoms with Crippen LogP contribution in [0, 0.1) is 12.3 Å². The summed E-state index contributed by atoms with van der Waals surface area (Å²) in [6.45, 7) is -0.0838. The average Bonchev–Trinajstić information content (AvgIpc) is 2.86. The van der Waals surface area contributed by atoms with Crippen LogP contribution >= 0.6 is 11.3 Å². The Hall–Kier alpha value is -2.45. The molecule has 0 saturated heterocycles. The molecule has 0 amide bonds. The molecule has 0 radical (unpaired) electrons. The van der Waals surface area contributed by atoms with E-state index >= 15 is 0 Å². The van der Waals surface area contributed by atoms with Crippen molar-refractivity contribution < 1.29 is 14.3 Å². The van der Waals surface area contributed by atoms with Gasteiger partial charge in [0, 0.05) is 16.5 Å². The lowest BCUT2D eigenvalue weighted by molar-refractivity contribution is 0.0559. The van der Waals surface area contributed by atoms with Crippen LogP contribution in [0.4, 0.5) is 5.00 Å². The highest BCUT2D eigenvalue weighted by molar-refractivity contribution is 7.15. The van der Waals surface area contributed by atoms with E-state index in [-0.39, 0.29) is 6.61 Å². The van der Waals surface area contributed by atoms with Crippen LogP contribution in [0.5, 0.6) is 5.75 Å². The van der Waals surface area contributed by atoms with Crippen molar-refractivity contribution in [1.29, 1.82) is 0 Å². The highest BCUT2D eigenvalue weighted by Gasteiger charge is 2.21. The van der Waals surface area contributed by atoms with E-state index in [1.54, 1.807) is 12.5 Å². The summed E-state index contributed by atoms with van der Waals surface area (Å²) < 4.78 is 10.3. The number of terminal acetylenes is 1. The van der Waals surface area contributed by atoms with E-state index in [4.69, 9.17) is 21.6 Å². The maximum absolute atomic E-state index is 12.0. The molecule has 0 fully saturated rings. The number of methoxy groups -OCH3 is 1. The summed E-state index contributed by atoms with van der Waals surface area (Å²) in [5.74, 6) is 2.39. The van der Waals surface area contributed by atoms with E-state index in [0.29, 0.717) is 21.9 Å². The van der Waals surface area contributed by atoms with Crippen LogP contribution in [0.1, 0.15) is 10.4 Å². The molecule has 0 aliphatic heterocycles. The van der Waals surface area contributed by atoms with E-state index < -0.39 is 5.97 Å². The largest absolute Gasteiger partial charge is 0.496 e. The van der Waals surface area contributed by atoms with Crippen molar-refractivity contribution in [2.75, 3.05) is 19.5 Å². The van der Waals surface area contributed by atoms with Crippen molar-refractivity contribution >= 4 is 22.3 Å². The molecule has 5 heteroatoms. The molecule has 0 bridgehead atoms. The maximum Gasteiger partial charge on any atom is 0.342 e. The third kappa shape index (κ3) is 2.60. The van der Waals surface area contributed by atoms with Gasteiger partial charge in [-0.1, -0.05) is 24.1 Å². The molecule has 0 spiro atoms. The van der Waals surface area contributed by atoms with E-state index in [2.05, 4.69) is 5.92 Å². The number of esters is 1. The van der Waals surface area contributed by atoms with Gasteiger partial charge >= 0.3 is 5.97 Å². The summed E-state index contributed by atoms with van der Waals surface area (Å²) in [7, 11) is 1.57. The van der Waals surface area contributed by atoms with Crippen molar-refractivity contribution in [3.05, 3.63) is 35.2 Å². The normalized spacial score (nSPS) is 9.80. The number of ether oxygens (including phenoxy) is 2. The van der Waals surface area contributed by atoms with E-state index in [9.17, 15) is 4.79 Å². The SMILES string of the molecule is C#CCOC(=O)c1c(-c2ccccc2OC)csc1N. The molecule has 102 valence electrons. The number of para-hydroxylation sites is 1. The Morgan fingerprint density at radius 2 is 2.15 bits per heavy atom. The highest BCUT2D eigenvalue weighted by Crippen LogP contribution is 2.38. The third-order valence-electron chi connectivity index (χ3n) is 2.71. The summed E-state index contributed by atoms with van der Waals surface area (Å²) in [5, 5.41) is 2.20. The number of nitrogens with two attached hydrogens (primary N) is 1. The Balaban J connectivity index is 2.48. The van der Waals surface area contributed by atoms with Gasteiger partial charge in [-0.05, 0) is 6.07 Å². The summed E-state index contributed by atoms with van der Waals surface area (Å²) >= 11 is 1.28. The summed E-state index contributed by atoms with van der Waals surface area (Å²) in [6.07, 6.45) is 5.09. The number of nitrogen functional groups attached to an aromatic ring is 1. The lowest BCUT2D eigenvalue weighted by atomic mass is 10.0. The molecular weight excluding hydrogens is 274 g/mol. The minimum Gasteiger partial charge on any atom is -0.496 e. The maximum atomic E-state index is 12.0. The van der Waals surface area contributed by atoms with Gasteiger partial charge in [0.1, 0.15) is 16.3 Å². The molecule has 20 heavy (non-hydrogen) atoms. The lowest BCUT2D eigenvalue weighted by Crippen LogP contribution is -2.08. The van der Waals surface area contributed by atoms with E-state index in [0.717, 1.165) is 5.56 Å². The first-order chi connectivity index (χ1) is 9.69. The van der Waals surface area contributed by atoms with Crippen molar-refractivity contribution in [2.45, 2.75) is 0 Å². The number of carbonyl (C=O) groups is 1. The van der Waals surface area contributed by atoms with Gasteiger partial charge < -0.3 is 15.2 Å². The highest BCUT2D eigenvalue weighted by atomic mass is 32.1. The predicted octanol–water partition coefficient (Wildman–Crippen LogP) is 2.80. The van der Waals surface area contributed by atoms with Crippen LogP contribution in [-0.2, 0) is 4.74 Å². The van der Waals surface area contributed by atoms with Gasteiger partial charge in [-0.3, -0.25) is 0 Å².